The van der Waals surface area contributed by atoms with E-state index in [1.54, 1.807) is 6.07 Å². The Morgan fingerprint density at radius 2 is 1.94 bits per heavy atom. The molecule has 0 aliphatic carbocycles. The Morgan fingerprint density at radius 1 is 1.35 bits per heavy atom. The molecule has 0 N–H and O–H groups in total. The van der Waals surface area contributed by atoms with E-state index < -0.39 is 0 Å². The summed E-state index contributed by atoms with van der Waals surface area (Å²) in [6.45, 7) is 10.2. The third-order valence-corrected chi connectivity index (χ3v) is 3.47. The highest BCUT2D eigenvalue weighted by Crippen LogP contribution is 2.29. The maximum atomic E-state index is 13.1. The highest BCUT2D eigenvalue weighted by atomic mass is 19.1. The average Bonchev–Trinajstić information content (AvgIpc) is 2.20. The third kappa shape index (κ3) is 3.65. The second kappa shape index (κ2) is 4.99. The van der Waals surface area contributed by atoms with Gasteiger partial charge in [-0.3, -0.25) is 4.79 Å². The summed E-state index contributed by atoms with van der Waals surface area (Å²) in [7, 11) is 0. The summed E-state index contributed by atoms with van der Waals surface area (Å²) in [5, 5.41) is 0. The maximum Gasteiger partial charge on any atom is 0.163 e. The highest BCUT2D eigenvalue weighted by Gasteiger charge is 2.23. The van der Waals surface area contributed by atoms with E-state index in [2.05, 4.69) is 27.7 Å². The second-order valence-electron chi connectivity index (χ2n) is 5.85. The summed E-state index contributed by atoms with van der Waals surface area (Å²) in [5.74, 6) is -0.0375. The van der Waals surface area contributed by atoms with Crippen molar-refractivity contribution in [1.82, 2.24) is 0 Å². The zero-order chi connectivity index (χ0) is 13.2. The molecule has 0 aliphatic rings. The first kappa shape index (κ1) is 13.9. The Kier molecular flexibility index (Phi) is 4.07. The van der Waals surface area contributed by atoms with Crippen LogP contribution in [-0.2, 0) is 0 Å². The Morgan fingerprint density at radius 3 is 2.47 bits per heavy atom. The van der Waals surface area contributed by atoms with E-state index >= 15 is 0 Å². The van der Waals surface area contributed by atoms with Crippen molar-refractivity contribution in [3.8, 4) is 0 Å². The van der Waals surface area contributed by atoms with E-state index in [0.717, 1.165) is 5.56 Å². The molecule has 1 nitrogen and oxygen atoms in total. The van der Waals surface area contributed by atoms with Crippen LogP contribution in [0.5, 0.6) is 0 Å². The van der Waals surface area contributed by atoms with Gasteiger partial charge in [0.1, 0.15) is 5.82 Å². The van der Waals surface area contributed by atoms with E-state index in [0.29, 0.717) is 12.0 Å². The first-order valence-electron chi connectivity index (χ1n) is 6.01. The Hall–Kier alpha value is -1.18. The van der Waals surface area contributed by atoms with E-state index in [4.69, 9.17) is 0 Å². The fourth-order valence-electron chi connectivity index (χ4n) is 1.59. The molecule has 2 heteroatoms. The van der Waals surface area contributed by atoms with Gasteiger partial charge in [0.05, 0.1) is 0 Å². The van der Waals surface area contributed by atoms with Crippen molar-refractivity contribution in [1.29, 1.82) is 0 Å². The molecule has 17 heavy (non-hydrogen) atoms. The molecular weight excluding hydrogens is 215 g/mol. The molecule has 0 amide bonds. The first-order chi connectivity index (χ1) is 7.71. The van der Waals surface area contributed by atoms with Crippen molar-refractivity contribution < 1.29 is 9.18 Å². The lowest BCUT2D eigenvalue weighted by atomic mass is 9.78. The monoisotopic (exact) mass is 236 g/mol. The van der Waals surface area contributed by atoms with Gasteiger partial charge in [-0.15, -0.1) is 0 Å². The van der Waals surface area contributed by atoms with Crippen LogP contribution in [-0.4, -0.2) is 5.78 Å². The number of halogens is 1. The standard InChI is InChI=1S/C15H21FO/c1-10-6-7-12(16)9-13(10)14(17)8-11(2)15(3,4)5/h6-7,9,11H,8H2,1-5H3. The van der Waals surface area contributed by atoms with Crippen LogP contribution in [0.1, 0.15) is 50.0 Å². The molecule has 1 aromatic rings. The largest absolute Gasteiger partial charge is 0.294 e. The van der Waals surface area contributed by atoms with Gasteiger partial charge < -0.3 is 0 Å². The van der Waals surface area contributed by atoms with E-state index in [9.17, 15) is 9.18 Å². The van der Waals surface area contributed by atoms with Gasteiger partial charge in [0, 0.05) is 12.0 Å². The zero-order valence-corrected chi connectivity index (χ0v) is 11.3. The predicted molar refractivity (Wildman–Crippen MR) is 68.7 cm³/mol. The average molecular weight is 236 g/mol. The summed E-state index contributed by atoms with van der Waals surface area (Å²) >= 11 is 0. The normalized spacial score (nSPS) is 13.5. The van der Waals surface area contributed by atoms with Gasteiger partial charge in [-0.1, -0.05) is 33.8 Å². The molecule has 0 saturated heterocycles. The van der Waals surface area contributed by atoms with Crippen LogP contribution in [0.15, 0.2) is 18.2 Å². The lowest BCUT2D eigenvalue weighted by molar-refractivity contribution is 0.0926. The number of ketones is 1. The number of rotatable bonds is 3. The van der Waals surface area contributed by atoms with Gasteiger partial charge in [0.15, 0.2) is 5.78 Å². The molecule has 0 spiro atoms. The summed E-state index contributed by atoms with van der Waals surface area (Å²) in [5.41, 5.74) is 1.45. The number of benzene rings is 1. The Bertz CT molecular complexity index is 415. The van der Waals surface area contributed by atoms with Gasteiger partial charge in [0.2, 0.25) is 0 Å². The smallest absolute Gasteiger partial charge is 0.163 e. The molecule has 1 aromatic carbocycles. The molecule has 0 fully saturated rings. The zero-order valence-electron chi connectivity index (χ0n) is 11.3. The number of hydrogen-bond donors (Lipinski definition) is 0. The van der Waals surface area contributed by atoms with Crippen LogP contribution >= 0.6 is 0 Å². The molecule has 0 heterocycles. The number of carbonyl (C=O) groups is 1. The maximum absolute atomic E-state index is 13.1. The molecule has 94 valence electrons. The van der Waals surface area contributed by atoms with Crippen molar-refractivity contribution in [3.05, 3.63) is 35.1 Å². The van der Waals surface area contributed by atoms with Crippen molar-refractivity contribution in [2.75, 3.05) is 0 Å². The molecule has 1 unspecified atom stereocenters. The predicted octanol–water partition coefficient (Wildman–Crippen LogP) is 4.39. The van der Waals surface area contributed by atoms with Gasteiger partial charge in [-0.05, 0) is 36.0 Å². The van der Waals surface area contributed by atoms with Crippen molar-refractivity contribution in [2.24, 2.45) is 11.3 Å². The lowest BCUT2D eigenvalue weighted by Gasteiger charge is -2.26. The number of aryl methyl sites for hydroxylation is 1. The highest BCUT2D eigenvalue weighted by molar-refractivity contribution is 5.97. The van der Waals surface area contributed by atoms with Gasteiger partial charge in [-0.2, -0.15) is 0 Å². The van der Waals surface area contributed by atoms with Crippen LogP contribution in [0.4, 0.5) is 4.39 Å². The van der Waals surface area contributed by atoms with Crippen LogP contribution < -0.4 is 0 Å². The van der Waals surface area contributed by atoms with Crippen LogP contribution in [0, 0.1) is 24.1 Å². The molecule has 0 radical (unpaired) electrons. The fraction of sp³-hybridized carbons (Fsp3) is 0.533. The summed E-state index contributed by atoms with van der Waals surface area (Å²) in [6, 6.07) is 4.39. The van der Waals surface area contributed by atoms with Crippen molar-refractivity contribution in [3.63, 3.8) is 0 Å². The fourth-order valence-corrected chi connectivity index (χ4v) is 1.59. The quantitative estimate of drug-likeness (QED) is 0.711. The molecule has 1 atom stereocenters. The first-order valence-corrected chi connectivity index (χ1v) is 6.01. The van der Waals surface area contributed by atoms with E-state index in [1.165, 1.54) is 12.1 Å². The molecule has 0 aliphatic heterocycles. The van der Waals surface area contributed by atoms with Crippen molar-refractivity contribution in [2.45, 2.75) is 41.0 Å². The second-order valence-corrected chi connectivity index (χ2v) is 5.85. The molecule has 0 bridgehead atoms. The Balaban J connectivity index is 2.87. The van der Waals surface area contributed by atoms with Crippen molar-refractivity contribution >= 4 is 5.78 Å². The molecule has 0 aromatic heterocycles. The minimum atomic E-state index is -0.345. The lowest BCUT2D eigenvalue weighted by Crippen LogP contribution is -2.21. The van der Waals surface area contributed by atoms with Crippen LogP contribution in [0.2, 0.25) is 0 Å². The summed E-state index contributed by atoms with van der Waals surface area (Å²) < 4.78 is 13.1. The van der Waals surface area contributed by atoms with Gasteiger partial charge in [-0.25, -0.2) is 4.39 Å². The number of carbonyl (C=O) groups excluding carboxylic acids is 1. The van der Waals surface area contributed by atoms with Gasteiger partial charge in [0.25, 0.3) is 0 Å². The third-order valence-electron chi connectivity index (χ3n) is 3.47. The molecular formula is C15H21FO. The summed E-state index contributed by atoms with van der Waals surface area (Å²) in [4.78, 5) is 12.1. The number of Topliss-reactive ketones (excluding diaryl/α,β-unsaturated/α-hetero) is 1. The minimum absolute atomic E-state index is 0.0319. The van der Waals surface area contributed by atoms with Crippen LogP contribution in [0.3, 0.4) is 0 Å². The van der Waals surface area contributed by atoms with E-state index in [1.807, 2.05) is 6.92 Å². The van der Waals surface area contributed by atoms with E-state index in [-0.39, 0.29) is 22.9 Å². The summed E-state index contributed by atoms with van der Waals surface area (Å²) in [6.07, 6.45) is 0.466. The molecule has 0 saturated carbocycles. The Labute approximate surface area is 103 Å². The number of hydrogen-bond acceptors (Lipinski definition) is 1. The molecule has 1 rings (SSSR count). The van der Waals surface area contributed by atoms with Gasteiger partial charge >= 0.3 is 0 Å². The SMILES string of the molecule is Cc1ccc(F)cc1C(=O)CC(C)C(C)(C)C. The minimum Gasteiger partial charge on any atom is -0.294 e. The van der Waals surface area contributed by atoms with Crippen LogP contribution in [0.25, 0.3) is 0 Å². The topological polar surface area (TPSA) is 17.1 Å².